The fourth-order valence-electron chi connectivity index (χ4n) is 2.72. The van der Waals surface area contributed by atoms with Crippen LogP contribution < -0.4 is 4.90 Å². The summed E-state index contributed by atoms with van der Waals surface area (Å²) < 4.78 is 5.14. The fraction of sp³-hybridized carbons (Fsp3) is 0.238. The van der Waals surface area contributed by atoms with Crippen molar-refractivity contribution in [1.82, 2.24) is 15.0 Å². The molecule has 0 atom stereocenters. The third kappa shape index (κ3) is 5.10. The Balaban J connectivity index is 1.95. The molecule has 2 heterocycles. The average Bonchev–Trinajstić information content (AvgIpc) is 2.69. The molecule has 0 bridgehead atoms. The van der Waals surface area contributed by atoms with Crippen LogP contribution in [0.1, 0.15) is 18.2 Å². The molecule has 0 saturated carbocycles. The van der Waals surface area contributed by atoms with Gasteiger partial charge in [0.1, 0.15) is 12.4 Å². The number of anilines is 1. The van der Waals surface area contributed by atoms with Crippen LogP contribution in [0.5, 0.6) is 0 Å². The van der Waals surface area contributed by atoms with Gasteiger partial charge in [0, 0.05) is 36.3 Å². The Kier molecular flexibility index (Phi) is 6.10. The summed E-state index contributed by atoms with van der Waals surface area (Å²) in [5, 5.41) is 0. The summed E-state index contributed by atoms with van der Waals surface area (Å²) >= 11 is 0. The number of hydrogen-bond acceptors (Lipinski definition) is 6. The van der Waals surface area contributed by atoms with E-state index in [1.807, 2.05) is 60.4 Å². The highest BCUT2D eigenvalue weighted by atomic mass is 16.5. The van der Waals surface area contributed by atoms with Gasteiger partial charge in [-0.05, 0) is 31.5 Å². The Morgan fingerprint density at radius 3 is 2.63 bits per heavy atom. The topological polar surface area (TPSA) is 68.2 Å². The van der Waals surface area contributed by atoms with Crippen molar-refractivity contribution >= 4 is 11.8 Å². The summed E-state index contributed by atoms with van der Waals surface area (Å²) in [6.07, 6.45) is 3.44. The molecule has 27 heavy (non-hydrogen) atoms. The third-order valence-corrected chi connectivity index (χ3v) is 3.93. The van der Waals surface area contributed by atoms with Gasteiger partial charge in [-0.2, -0.15) is 0 Å². The van der Waals surface area contributed by atoms with E-state index in [2.05, 4.69) is 15.0 Å². The normalized spacial score (nSPS) is 10.4. The Morgan fingerprint density at radius 1 is 1.11 bits per heavy atom. The first-order chi connectivity index (χ1) is 13.2. The minimum atomic E-state index is -0.285. The van der Waals surface area contributed by atoms with Crippen LogP contribution in [0.25, 0.3) is 11.4 Å². The van der Waals surface area contributed by atoms with Crippen LogP contribution in [0, 0.1) is 6.92 Å². The van der Waals surface area contributed by atoms with Crippen LogP contribution in [-0.2, 0) is 16.1 Å². The molecule has 0 aliphatic heterocycles. The maximum absolute atomic E-state index is 12.1. The van der Waals surface area contributed by atoms with E-state index in [0.717, 1.165) is 16.8 Å². The van der Waals surface area contributed by atoms with Gasteiger partial charge in [0.05, 0.1) is 6.61 Å². The van der Waals surface area contributed by atoms with Crippen molar-refractivity contribution in [2.45, 2.75) is 20.4 Å². The molecule has 0 unspecified atom stereocenters. The molecular weight excluding hydrogens is 340 g/mol. The van der Waals surface area contributed by atoms with Gasteiger partial charge < -0.3 is 9.64 Å². The highest BCUT2D eigenvalue weighted by molar-refractivity contribution is 5.75. The predicted octanol–water partition coefficient (Wildman–Crippen LogP) is 3.42. The lowest BCUT2D eigenvalue weighted by molar-refractivity contribution is -0.141. The zero-order valence-electron chi connectivity index (χ0n) is 15.5. The molecule has 0 aliphatic rings. The quantitative estimate of drug-likeness (QED) is 0.600. The second-order valence-electron chi connectivity index (χ2n) is 6.08. The fourth-order valence-corrected chi connectivity index (χ4v) is 2.72. The predicted molar refractivity (Wildman–Crippen MR) is 104 cm³/mol. The first-order valence-electron chi connectivity index (χ1n) is 8.86. The molecule has 0 radical (unpaired) electrons. The number of carbonyl (C=O) groups is 1. The number of benzene rings is 1. The summed E-state index contributed by atoms with van der Waals surface area (Å²) in [5.74, 6) is 0.978. The Hall–Kier alpha value is -3.28. The van der Waals surface area contributed by atoms with Crippen molar-refractivity contribution in [2.24, 2.45) is 0 Å². The van der Waals surface area contributed by atoms with Gasteiger partial charge in [-0.1, -0.05) is 30.3 Å². The lowest BCUT2D eigenvalue weighted by atomic mass is 10.2. The molecule has 0 aliphatic carbocycles. The molecule has 6 nitrogen and oxygen atoms in total. The summed E-state index contributed by atoms with van der Waals surface area (Å²) in [7, 11) is 0. The SMILES string of the molecule is CCOC(=O)CN(Cc1ccccc1)c1cc(C)nc(-c2cccnc2)n1. The summed E-state index contributed by atoms with van der Waals surface area (Å²) in [4.78, 5) is 27.4. The molecule has 3 aromatic rings. The lowest BCUT2D eigenvalue weighted by Crippen LogP contribution is -2.31. The van der Waals surface area contributed by atoms with Gasteiger partial charge in [-0.15, -0.1) is 0 Å². The number of hydrogen-bond donors (Lipinski definition) is 0. The summed E-state index contributed by atoms with van der Waals surface area (Å²) in [5.41, 5.74) is 2.74. The molecular formula is C21H22N4O2. The number of pyridine rings is 1. The number of ether oxygens (including phenoxy) is 1. The van der Waals surface area contributed by atoms with Gasteiger partial charge in [0.15, 0.2) is 5.82 Å². The van der Waals surface area contributed by atoms with Crippen molar-refractivity contribution in [2.75, 3.05) is 18.1 Å². The second-order valence-corrected chi connectivity index (χ2v) is 6.08. The zero-order valence-corrected chi connectivity index (χ0v) is 15.5. The number of carbonyl (C=O) groups excluding carboxylic acids is 1. The van der Waals surface area contributed by atoms with E-state index >= 15 is 0 Å². The van der Waals surface area contributed by atoms with Crippen molar-refractivity contribution in [3.63, 3.8) is 0 Å². The number of esters is 1. The highest BCUT2D eigenvalue weighted by Crippen LogP contribution is 2.21. The van der Waals surface area contributed by atoms with E-state index in [-0.39, 0.29) is 12.5 Å². The van der Waals surface area contributed by atoms with Crippen molar-refractivity contribution < 1.29 is 9.53 Å². The average molecular weight is 362 g/mol. The van der Waals surface area contributed by atoms with Crippen LogP contribution in [0.15, 0.2) is 60.9 Å². The number of aromatic nitrogens is 3. The van der Waals surface area contributed by atoms with Gasteiger partial charge in [-0.3, -0.25) is 9.78 Å². The molecule has 6 heteroatoms. The van der Waals surface area contributed by atoms with Gasteiger partial charge in [0.2, 0.25) is 0 Å². The molecule has 138 valence electrons. The van der Waals surface area contributed by atoms with E-state index in [9.17, 15) is 4.79 Å². The van der Waals surface area contributed by atoms with Gasteiger partial charge >= 0.3 is 5.97 Å². The van der Waals surface area contributed by atoms with E-state index in [4.69, 9.17) is 4.74 Å². The lowest BCUT2D eigenvalue weighted by Gasteiger charge is -2.23. The Bertz CT molecular complexity index is 885. The van der Waals surface area contributed by atoms with Crippen molar-refractivity contribution in [3.8, 4) is 11.4 Å². The Labute approximate surface area is 158 Å². The highest BCUT2D eigenvalue weighted by Gasteiger charge is 2.16. The molecule has 3 rings (SSSR count). The summed E-state index contributed by atoms with van der Waals surface area (Å²) in [6, 6.07) is 15.6. The maximum Gasteiger partial charge on any atom is 0.325 e. The largest absolute Gasteiger partial charge is 0.465 e. The molecule has 2 aromatic heterocycles. The van der Waals surface area contributed by atoms with Crippen molar-refractivity contribution in [1.29, 1.82) is 0 Å². The van der Waals surface area contributed by atoms with Gasteiger partial charge in [0.25, 0.3) is 0 Å². The van der Waals surface area contributed by atoms with Crippen LogP contribution in [0.3, 0.4) is 0 Å². The third-order valence-electron chi connectivity index (χ3n) is 3.93. The van der Waals surface area contributed by atoms with E-state index < -0.39 is 0 Å². The smallest absolute Gasteiger partial charge is 0.325 e. The Morgan fingerprint density at radius 2 is 1.93 bits per heavy atom. The molecule has 0 fully saturated rings. The standard InChI is InChI=1S/C21H22N4O2/c1-3-27-20(26)15-25(14-17-8-5-4-6-9-17)19-12-16(2)23-21(24-19)18-10-7-11-22-13-18/h4-13H,3,14-15H2,1-2H3. The van der Waals surface area contributed by atoms with E-state index in [1.165, 1.54) is 0 Å². The zero-order chi connectivity index (χ0) is 19.1. The van der Waals surface area contributed by atoms with Crippen LogP contribution in [0.2, 0.25) is 0 Å². The van der Waals surface area contributed by atoms with Gasteiger partial charge in [-0.25, -0.2) is 9.97 Å². The molecule has 0 amide bonds. The van der Waals surface area contributed by atoms with Crippen LogP contribution in [0.4, 0.5) is 5.82 Å². The minimum absolute atomic E-state index is 0.117. The minimum Gasteiger partial charge on any atom is -0.465 e. The molecule has 0 spiro atoms. The number of nitrogens with zero attached hydrogens (tertiary/aromatic N) is 4. The number of rotatable bonds is 7. The maximum atomic E-state index is 12.1. The van der Waals surface area contributed by atoms with Crippen LogP contribution >= 0.6 is 0 Å². The molecule has 1 aromatic carbocycles. The van der Waals surface area contributed by atoms with Crippen molar-refractivity contribution in [3.05, 3.63) is 72.2 Å². The van der Waals surface area contributed by atoms with Crippen LogP contribution in [-0.4, -0.2) is 34.1 Å². The second kappa shape index (κ2) is 8.89. The molecule has 0 N–H and O–H groups in total. The van der Waals surface area contributed by atoms with E-state index in [1.54, 1.807) is 19.3 Å². The first kappa shape index (κ1) is 18.5. The summed E-state index contributed by atoms with van der Waals surface area (Å²) in [6.45, 7) is 4.72. The molecule has 0 saturated heterocycles. The first-order valence-corrected chi connectivity index (χ1v) is 8.86. The van der Waals surface area contributed by atoms with E-state index in [0.29, 0.717) is 24.8 Å². The monoisotopic (exact) mass is 362 g/mol. The number of aryl methyl sites for hydroxylation is 1.